The molecule has 0 spiro atoms. The first-order valence-electron chi connectivity index (χ1n) is 5.49. The summed E-state index contributed by atoms with van der Waals surface area (Å²) in [6, 6.07) is 2.99. The zero-order valence-electron chi connectivity index (χ0n) is 9.90. The van der Waals surface area contributed by atoms with E-state index < -0.39 is 16.6 Å². The van der Waals surface area contributed by atoms with Crippen molar-refractivity contribution in [3.63, 3.8) is 0 Å². The molecule has 0 saturated heterocycles. The second-order valence-corrected chi connectivity index (χ2v) is 3.65. The van der Waals surface area contributed by atoms with E-state index in [1.807, 2.05) is 6.92 Å². The standard InChI is InChI=1S/C11H14FN3O3/c1-2-5-13-7-11(16)14-10-6-8(15(17)18)3-4-9(10)12/h3-4,6,13H,2,5,7H2,1H3,(H,14,16). The molecule has 6 nitrogen and oxygen atoms in total. The SMILES string of the molecule is CCCNCC(=O)Nc1cc([N+](=O)[O-])ccc1F. The monoisotopic (exact) mass is 255 g/mol. The third-order valence-electron chi connectivity index (χ3n) is 2.15. The molecule has 18 heavy (non-hydrogen) atoms. The van der Waals surface area contributed by atoms with Crippen molar-refractivity contribution in [3.8, 4) is 0 Å². The van der Waals surface area contributed by atoms with E-state index in [9.17, 15) is 19.3 Å². The molecule has 0 saturated carbocycles. The summed E-state index contributed by atoms with van der Waals surface area (Å²) in [5.41, 5.74) is -0.458. The van der Waals surface area contributed by atoms with E-state index in [1.165, 1.54) is 0 Å². The van der Waals surface area contributed by atoms with Crippen LogP contribution in [0.5, 0.6) is 0 Å². The van der Waals surface area contributed by atoms with E-state index in [4.69, 9.17) is 0 Å². The number of hydrogen-bond donors (Lipinski definition) is 2. The summed E-state index contributed by atoms with van der Waals surface area (Å²) in [7, 11) is 0. The maximum atomic E-state index is 13.3. The van der Waals surface area contributed by atoms with E-state index in [1.54, 1.807) is 0 Å². The van der Waals surface area contributed by atoms with Crippen molar-refractivity contribution >= 4 is 17.3 Å². The molecule has 0 aromatic heterocycles. The largest absolute Gasteiger partial charge is 0.322 e. The molecule has 1 aromatic rings. The summed E-state index contributed by atoms with van der Waals surface area (Å²) in [5, 5.41) is 15.6. The zero-order chi connectivity index (χ0) is 13.5. The molecule has 1 rings (SSSR count). The molecule has 0 heterocycles. The van der Waals surface area contributed by atoms with Crippen molar-refractivity contribution in [2.75, 3.05) is 18.4 Å². The van der Waals surface area contributed by atoms with Crippen LogP contribution in [0.3, 0.4) is 0 Å². The molecule has 1 aromatic carbocycles. The smallest absolute Gasteiger partial charge is 0.271 e. The van der Waals surface area contributed by atoms with Crippen LogP contribution in [0.25, 0.3) is 0 Å². The molecule has 0 radical (unpaired) electrons. The Morgan fingerprint density at radius 3 is 2.83 bits per heavy atom. The first-order chi connectivity index (χ1) is 8.54. The maximum Gasteiger partial charge on any atom is 0.271 e. The summed E-state index contributed by atoms with van der Waals surface area (Å²) >= 11 is 0. The van der Waals surface area contributed by atoms with Crippen LogP contribution in [0.1, 0.15) is 13.3 Å². The summed E-state index contributed by atoms with van der Waals surface area (Å²) in [5.74, 6) is -1.15. The van der Waals surface area contributed by atoms with Crippen LogP contribution in [0, 0.1) is 15.9 Å². The van der Waals surface area contributed by atoms with Crippen molar-refractivity contribution < 1.29 is 14.1 Å². The van der Waals surface area contributed by atoms with Crippen LogP contribution < -0.4 is 10.6 Å². The Bertz CT molecular complexity index is 451. The summed E-state index contributed by atoms with van der Waals surface area (Å²) in [6.45, 7) is 2.66. The molecule has 7 heteroatoms. The fraction of sp³-hybridized carbons (Fsp3) is 0.364. The number of non-ortho nitro benzene ring substituents is 1. The number of halogens is 1. The lowest BCUT2D eigenvalue weighted by Gasteiger charge is -2.06. The molecule has 0 aliphatic heterocycles. The van der Waals surface area contributed by atoms with Gasteiger partial charge in [0.2, 0.25) is 5.91 Å². The van der Waals surface area contributed by atoms with Crippen molar-refractivity contribution in [1.82, 2.24) is 5.32 Å². The number of nitro groups is 1. The van der Waals surface area contributed by atoms with Gasteiger partial charge in [-0.15, -0.1) is 0 Å². The minimum absolute atomic E-state index is 0.0377. The van der Waals surface area contributed by atoms with Crippen molar-refractivity contribution in [2.24, 2.45) is 0 Å². The van der Waals surface area contributed by atoms with Gasteiger partial charge in [0.25, 0.3) is 5.69 Å². The van der Waals surface area contributed by atoms with Crippen molar-refractivity contribution in [2.45, 2.75) is 13.3 Å². The molecular weight excluding hydrogens is 241 g/mol. The first kappa shape index (κ1) is 14.0. The van der Waals surface area contributed by atoms with Gasteiger partial charge in [-0.05, 0) is 19.0 Å². The van der Waals surface area contributed by atoms with E-state index in [-0.39, 0.29) is 17.9 Å². The second kappa shape index (κ2) is 6.65. The van der Waals surface area contributed by atoms with E-state index in [2.05, 4.69) is 10.6 Å². The number of carbonyl (C=O) groups is 1. The van der Waals surface area contributed by atoms with Gasteiger partial charge in [-0.1, -0.05) is 6.92 Å². The van der Waals surface area contributed by atoms with Crippen LogP contribution in [-0.2, 0) is 4.79 Å². The number of anilines is 1. The van der Waals surface area contributed by atoms with E-state index in [0.29, 0.717) is 6.54 Å². The average molecular weight is 255 g/mol. The van der Waals surface area contributed by atoms with Crippen LogP contribution >= 0.6 is 0 Å². The Kier molecular flexibility index (Phi) is 5.19. The Morgan fingerprint density at radius 1 is 1.50 bits per heavy atom. The zero-order valence-corrected chi connectivity index (χ0v) is 9.90. The highest BCUT2D eigenvalue weighted by Crippen LogP contribution is 2.20. The summed E-state index contributed by atoms with van der Waals surface area (Å²) in [4.78, 5) is 21.3. The third kappa shape index (κ3) is 4.10. The first-order valence-corrected chi connectivity index (χ1v) is 5.49. The van der Waals surface area contributed by atoms with Gasteiger partial charge in [-0.25, -0.2) is 4.39 Å². The Morgan fingerprint density at radius 2 is 2.22 bits per heavy atom. The van der Waals surface area contributed by atoms with E-state index >= 15 is 0 Å². The molecule has 0 aliphatic rings. The number of benzene rings is 1. The van der Waals surface area contributed by atoms with Gasteiger partial charge in [0.15, 0.2) is 0 Å². The number of hydrogen-bond acceptors (Lipinski definition) is 4. The fourth-order valence-corrected chi connectivity index (χ4v) is 1.30. The highest BCUT2D eigenvalue weighted by atomic mass is 19.1. The fourth-order valence-electron chi connectivity index (χ4n) is 1.30. The number of rotatable bonds is 6. The minimum Gasteiger partial charge on any atom is -0.322 e. The molecule has 2 N–H and O–H groups in total. The number of nitrogens with one attached hydrogen (secondary N) is 2. The van der Waals surface area contributed by atoms with Gasteiger partial charge in [-0.3, -0.25) is 14.9 Å². The second-order valence-electron chi connectivity index (χ2n) is 3.65. The Labute approximate surface area is 103 Å². The lowest BCUT2D eigenvalue weighted by molar-refractivity contribution is -0.384. The average Bonchev–Trinajstić information content (AvgIpc) is 2.32. The van der Waals surface area contributed by atoms with Gasteiger partial charge < -0.3 is 10.6 Å². The van der Waals surface area contributed by atoms with Crippen LogP contribution in [0.2, 0.25) is 0 Å². The van der Waals surface area contributed by atoms with E-state index in [0.717, 1.165) is 24.6 Å². The molecule has 0 atom stereocenters. The van der Waals surface area contributed by atoms with Crippen LogP contribution in [0.15, 0.2) is 18.2 Å². The number of nitrogens with zero attached hydrogens (tertiary/aromatic N) is 1. The lowest BCUT2D eigenvalue weighted by Crippen LogP contribution is -2.28. The molecule has 0 aliphatic carbocycles. The number of carbonyl (C=O) groups excluding carboxylic acids is 1. The molecule has 1 amide bonds. The van der Waals surface area contributed by atoms with Gasteiger partial charge in [-0.2, -0.15) is 0 Å². The van der Waals surface area contributed by atoms with Gasteiger partial charge in [0, 0.05) is 12.1 Å². The predicted molar refractivity (Wildman–Crippen MR) is 64.8 cm³/mol. The summed E-state index contributed by atoms with van der Waals surface area (Å²) in [6.07, 6.45) is 0.873. The van der Waals surface area contributed by atoms with Gasteiger partial charge in [0.1, 0.15) is 5.82 Å². The minimum atomic E-state index is -0.704. The topological polar surface area (TPSA) is 84.3 Å². The van der Waals surface area contributed by atoms with Crippen LogP contribution in [-0.4, -0.2) is 23.9 Å². The molecule has 98 valence electrons. The molecule has 0 fully saturated rings. The normalized spacial score (nSPS) is 10.1. The molecule has 0 bridgehead atoms. The van der Waals surface area contributed by atoms with Crippen molar-refractivity contribution in [3.05, 3.63) is 34.1 Å². The van der Waals surface area contributed by atoms with Crippen LogP contribution in [0.4, 0.5) is 15.8 Å². The number of amides is 1. The quantitative estimate of drug-likeness (QED) is 0.460. The highest BCUT2D eigenvalue weighted by Gasteiger charge is 2.12. The molecule has 0 unspecified atom stereocenters. The highest BCUT2D eigenvalue weighted by molar-refractivity contribution is 5.92. The lowest BCUT2D eigenvalue weighted by atomic mass is 10.2. The van der Waals surface area contributed by atoms with Gasteiger partial charge in [0.05, 0.1) is 17.2 Å². The van der Waals surface area contributed by atoms with Gasteiger partial charge >= 0.3 is 0 Å². The molecular formula is C11H14FN3O3. The third-order valence-corrected chi connectivity index (χ3v) is 2.15. The number of nitro benzene ring substituents is 1. The van der Waals surface area contributed by atoms with Crippen molar-refractivity contribution in [1.29, 1.82) is 0 Å². The predicted octanol–water partition coefficient (Wildman–Crippen LogP) is 1.67. The Balaban J connectivity index is 2.68. The summed E-state index contributed by atoms with van der Waals surface area (Å²) < 4.78 is 13.3. The maximum absolute atomic E-state index is 13.3. The Hall–Kier alpha value is -2.02.